The van der Waals surface area contributed by atoms with Gasteiger partial charge in [0.2, 0.25) is 0 Å². The molecule has 1 atom stereocenters. The molecule has 0 aliphatic carbocycles. The molecule has 0 aliphatic heterocycles. The third-order valence-electron chi connectivity index (χ3n) is 10.6. The van der Waals surface area contributed by atoms with Crippen molar-refractivity contribution in [1.29, 1.82) is 0 Å². The number of carbonyl (C=O) groups excluding carboxylic acids is 1. The van der Waals surface area contributed by atoms with Crippen molar-refractivity contribution in [3.63, 3.8) is 0 Å². The Morgan fingerprint density at radius 1 is 0.725 bits per heavy atom. The fourth-order valence-corrected chi connectivity index (χ4v) is 7.28. The van der Waals surface area contributed by atoms with Gasteiger partial charge >= 0.3 is 5.97 Å². The molecule has 9 heteroatoms. The van der Waals surface area contributed by atoms with Crippen LogP contribution in [-0.4, -0.2) is 76.6 Å². The third-order valence-corrected chi connectivity index (χ3v) is 15.2. The van der Waals surface area contributed by atoms with E-state index in [1.165, 1.54) is 0 Å². The minimum absolute atomic E-state index is 0.0346. The number of aliphatic carboxylic acids is 1. The highest BCUT2D eigenvalue weighted by Crippen LogP contribution is 2.42. The molecule has 1 N–H and O–H groups in total. The largest absolute Gasteiger partial charge is 0.497 e. The van der Waals surface area contributed by atoms with Gasteiger partial charge in [0.15, 0.2) is 8.32 Å². The van der Waals surface area contributed by atoms with E-state index in [0.29, 0.717) is 32.5 Å². The van der Waals surface area contributed by atoms with E-state index in [0.717, 1.165) is 66.6 Å². The molecule has 0 aromatic heterocycles. The Morgan fingerprint density at radius 2 is 1.22 bits per heavy atom. The number of hydrogen-bond donors (Lipinski definition) is 1. The zero-order chi connectivity index (χ0) is 37.5. The summed E-state index contributed by atoms with van der Waals surface area (Å²) in [5.41, 5.74) is 0.651. The Balaban J connectivity index is 2.00. The van der Waals surface area contributed by atoms with Crippen molar-refractivity contribution in [1.82, 2.24) is 4.90 Å². The van der Waals surface area contributed by atoms with Crippen molar-refractivity contribution in [3.05, 3.63) is 95.6 Å². The molecule has 0 aliphatic rings. The predicted octanol–water partition coefficient (Wildman–Crippen LogP) is 9.11. The predicted molar refractivity (Wildman–Crippen MR) is 207 cm³/mol. The molecule has 0 bridgehead atoms. The molecule has 3 rings (SSSR count). The lowest BCUT2D eigenvalue weighted by Crippen LogP contribution is -2.55. The van der Waals surface area contributed by atoms with Crippen molar-refractivity contribution in [2.75, 3.05) is 40.5 Å². The molecule has 0 saturated heterocycles. The second-order valence-corrected chi connectivity index (χ2v) is 19.8. The number of hydrogen-bond acceptors (Lipinski definition) is 7. The van der Waals surface area contributed by atoms with E-state index in [9.17, 15) is 14.7 Å². The summed E-state index contributed by atoms with van der Waals surface area (Å²) >= 11 is 0. The van der Waals surface area contributed by atoms with Crippen LogP contribution in [0.4, 0.5) is 0 Å². The molecule has 0 saturated carbocycles. The van der Waals surface area contributed by atoms with Gasteiger partial charge in [0, 0.05) is 26.1 Å². The molecule has 0 amide bonds. The van der Waals surface area contributed by atoms with Gasteiger partial charge in [-0.05, 0) is 78.9 Å². The first-order valence-electron chi connectivity index (χ1n) is 18.3. The number of nitrogens with zero attached hydrogens (tertiary/aromatic N) is 1. The summed E-state index contributed by atoms with van der Waals surface area (Å²) in [5.74, 6) is 0.629. The lowest BCUT2D eigenvalue weighted by molar-refractivity contribution is -0.152. The minimum atomic E-state index is -2.07. The first-order valence-corrected chi connectivity index (χ1v) is 21.2. The van der Waals surface area contributed by atoms with Crippen molar-refractivity contribution >= 4 is 20.6 Å². The Kier molecular flexibility index (Phi) is 15.9. The van der Waals surface area contributed by atoms with Crippen LogP contribution in [0.2, 0.25) is 18.1 Å². The smallest absolute Gasteiger partial charge is 0.323 e. The lowest BCUT2D eigenvalue weighted by atomic mass is 9.80. The number of benzene rings is 3. The van der Waals surface area contributed by atoms with Crippen LogP contribution in [0.1, 0.15) is 89.3 Å². The molecular weight excluding hydrogens is 659 g/mol. The zero-order valence-corrected chi connectivity index (χ0v) is 33.2. The summed E-state index contributed by atoms with van der Waals surface area (Å²) in [7, 11) is 1.23. The van der Waals surface area contributed by atoms with Gasteiger partial charge in [-0.3, -0.25) is 9.69 Å². The van der Waals surface area contributed by atoms with E-state index in [1.807, 2.05) is 78.6 Å². The molecular formula is C42H61NO7Si. The Labute approximate surface area is 307 Å². The Morgan fingerprint density at radius 3 is 1.71 bits per heavy atom. The number of aldehydes is 1. The summed E-state index contributed by atoms with van der Waals surface area (Å²) < 4.78 is 24.7. The normalized spacial score (nSPS) is 13.5. The zero-order valence-electron chi connectivity index (χ0n) is 32.2. The Bertz CT molecular complexity index is 1420. The molecule has 8 nitrogen and oxygen atoms in total. The van der Waals surface area contributed by atoms with Gasteiger partial charge in [-0.2, -0.15) is 0 Å². The summed E-state index contributed by atoms with van der Waals surface area (Å²) in [6.45, 7) is 14.4. The third kappa shape index (κ3) is 11.0. The molecule has 1 unspecified atom stereocenters. The Hall–Kier alpha value is -3.50. The van der Waals surface area contributed by atoms with Crippen LogP contribution in [0, 0.1) is 0 Å². The fraction of sp³-hybridized carbons (Fsp3) is 0.524. The van der Waals surface area contributed by atoms with Crippen LogP contribution in [0.25, 0.3) is 0 Å². The number of methoxy groups -OCH3 is 2. The van der Waals surface area contributed by atoms with Crippen molar-refractivity contribution in [2.45, 2.75) is 102 Å². The van der Waals surface area contributed by atoms with E-state index < -0.39 is 25.4 Å². The van der Waals surface area contributed by atoms with Crippen LogP contribution in [0.5, 0.6) is 11.5 Å². The van der Waals surface area contributed by atoms with Crippen LogP contribution in [0.3, 0.4) is 0 Å². The van der Waals surface area contributed by atoms with Gasteiger partial charge in [0.1, 0.15) is 28.9 Å². The van der Waals surface area contributed by atoms with Crippen LogP contribution in [0.15, 0.2) is 78.9 Å². The van der Waals surface area contributed by atoms with Gasteiger partial charge in [0.25, 0.3) is 0 Å². The fourth-order valence-electron chi connectivity index (χ4n) is 6.24. The van der Waals surface area contributed by atoms with Gasteiger partial charge in [-0.25, -0.2) is 0 Å². The van der Waals surface area contributed by atoms with Crippen LogP contribution in [-0.2, 0) is 24.4 Å². The average molecular weight is 720 g/mol. The highest BCUT2D eigenvalue weighted by Gasteiger charge is 2.42. The second kappa shape index (κ2) is 19.4. The maximum Gasteiger partial charge on any atom is 0.323 e. The summed E-state index contributed by atoms with van der Waals surface area (Å²) in [5, 5.41) is 10.8. The van der Waals surface area contributed by atoms with E-state index in [2.05, 4.69) is 46.0 Å². The maximum atomic E-state index is 13.2. The monoisotopic (exact) mass is 719 g/mol. The highest BCUT2D eigenvalue weighted by molar-refractivity contribution is 6.74. The topological polar surface area (TPSA) is 94.5 Å². The first-order chi connectivity index (χ1) is 24.2. The summed E-state index contributed by atoms with van der Waals surface area (Å²) in [4.78, 5) is 25.9. The average Bonchev–Trinajstić information content (AvgIpc) is 3.12. The highest BCUT2D eigenvalue weighted by atomic mass is 28.4. The van der Waals surface area contributed by atoms with E-state index in [4.69, 9.17) is 18.6 Å². The van der Waals surface area contributed by atoms with E-state index in [-0.39, 0.29) is 11.6 Å². The molecule has 3 aromatic rings. The minimum Gasteiger partial charge on any atom is -0.497 e. The summed E-state index contributed by atoms with van der Waals surface area (Å²) in [6, 6.07) is 26.0. The molecule has 0 radical (unpaired) electrons. The van der Waals surface area contributed by atoms with Crippen LogP contribution >= 0.6 is 0 Å². The lowest BCUT2D eigenvalue weighted by Gasteiger charge is -2.42. The molecule has 280 valence electrons. The maximum absolute atomic E-state index is 13.2. The van der Waals surface area contributed by atoms with Crippen molar-refractivity contribution < 1.29 is 33.3 Å². The summed E-state index contributed by atoms with van der Waals surface area (Å²) in [6.07, 6.45) is 6.55. The number of unbranched alkanes of at least 4 members (excludes halogenated alkanes) is 5. The van der Waals surface area contributed by atoms with Gasteiger partial charge in [-0.1, -0.05) is 101 Å². The number of carbonyl (C=O) groups is 2. The second-order valence-electron chi connectivity index (χ2n) is 15.0. The van der Waals surface area contributed by atoms with Crippen molar-refractivity contribution in [3.8, 4) is 11.5 Å². The number of rotatable bonds is 23. The number of carboxylic acid groups (broad SMARTS) is 1. The van der Waals surface area contributed by atoms with E-state index in [1.54, 1.807) is 14.2 Å². The SMILES string of the molecule is COc1ccc(C(OCCN(CCO[Si](C)(C)C(C)(C)C)C(C)(CCCCCCCC=O)C(=O)O)(c2ccccc2)c2ccc(OC)cc2)cc1. The molecule has 0 heterocycles. The molecule has 3 aromatic carbocycles. The first kappa shape index (κ1) is 41.9. The molecule has 0 fully saturated rings. The van der Waals surface area contributed by atoms with Gasteiger partial charge in [0.05, 0.1) is 20.8 Å². The molecule has 0 spiro atoms. The van der Waals surface area contributed by atoms with Gasteiger partial charge in [-0.15, -0.1) is 0 Å². The van der Waals surface area contributed by atoms with Crippen LogP contribution < -0.4 is 9.47 Å². The van der Waals surface area contributed by atoms with Gasteiger partial charge < -0.3 is 28.5 Å². The number of carboxylic acids is 1. The standard InChI is InChI=1S/C42H61NO7Si/c1-40(2,3)51(7,8)50-33-30-43(41(4,39(45)46)28-16-11-9-10-12-17-31-44)29-32-49-42(34-18-14-13-15-19-34,35-20-24-37(47-5)25-21-35)36-22-26-38(48-6)27-23-36/h13-15,18-27,31H,9-12,16-17,28-30,32-33H2,1-8H3,(H,45,46). The quantitative estimate of drug-likeness (QED) is 0.0449. The molecule has 51 heavy (non-hydrogen) atoms. The van der Waals surface area contributed by atoms with Crippen molar-refractivity contribution in [2.24, 2.45) is 0 Å². The van der Waals surface area contributed by atoms with E-state index >= 15 is 0 Å². The number of ether oxygens (including phenoxy) is 3.